The summed E-state index contributed by atoms with van der Waals surface area (Å²) >= 11 is 1.91. The van der Waals surface area contributed by atoms with Gasteiger partial charge >= 0.3 is 0 Å². The van der Waals surface area contributed by atoms with Gasteiger partial charge in [-0.05, 0) is 39.3 Å². The Morgan fingerprint density at radius 1 is 1.23 bits per heavy atom. The lowest BCUT2D eigenvalue weighted by atomic mass is 10.1. The van der Waals surface area contributed by atoms with E-state index in [-0.39, 0.29) is 5.54 Å². The Morgan fingerprint density at radius 3 is 2.31 bits per heavy atom. The van der Waals surface area contributed by atoms with Crippen LogP contribution in [-0.2, 0) is 13.0 Å². The Labute approximate surface area is 85.2 Å². The van der Waals surface area contributed by atoms with Gasteiger partial charge in [-0.3, -0.25) is 0 Å². The van der Waals surface area contributed by atoms with Crippen molar-refractivity contribution in [3.05, 3.63) is 21.9 Å². The van der Waals surface area contributed by atoms with Crippen molar-refractivity contribution in [2.75, 3.05) is 0 Å². The molecular weight excluding hydrogens is 178 g/mol. The molecule has 0 atom stereocenters. The zero-order chi connectivity index (χ0) is 9.90. The molecule has 1 N–H and O–H groups in total. The highest BCUT2D eigenvalue weighted by molar-refractivity contribution is 7.11. The van der Waals surface area contributed by atoms with Crippen LogP contribution in [0.3, 0.4) is 0 Å². The van der Waals surface area contributed by atoms with Crippen LogP contribution in [0.4, 0.5) is 0 Å². The van der Waals surface area contributed by atoms with E-state index < -0.39 is 0 Å². The second-order valence-corrected chi connectivity index (χ2v) is 5.58. The van der Waals surface area contributed by atoms with Crippen LogP contribution in [0.1, 0.15) is 37.4 Å². The first-order chi connectivity index (χ1) is 6.01. The molecule has 0 radical (unpaired) electrons. The molecule has 0 spiro atoms. The van der Waals surface area contributed by atoms with Crippen molar-refractivity contribution in [2.45, 2.75) is 46.2 Å². The van der Waals surface area contributed by atoms with Crippen LogP contribution >= 0.6 is 11.3 Å². The van der Waals surface area contributed by atoms with Crippen LogP contribution in [0.5, 0.6) is 0 Å². The van der Waals surface area contributed by atoms with Crippen molar-refractivity contribution in [3.63, 3.8) is 0 Å². The average Bonchev–Trinajstić information content (AvgIpc) is 2.47. The van der Waals surface area contributed by atoms with Gasteiger partial charge in [0.1, 0.15) is 0 Å². The molecule has 13 heavy (non-hydrogen) atoms. The van der Waals surface area contributed by atoms with Gasteiger partial charge in [0.05, 0.1) is 0 Å². The normalized spacial score (nSPS) is 12.0. The van der Waals surface area contributed by atoms with Crippen molar-refractivity contribution in [1.29, 1.82) is 0 Å². The monoisotopic (exact) mass is 197 g/mol. The summed E-state index contributed by atoms with van der Waals surface area (Å²) in [4.78, 5) is 2.91. The minimum absolute atomic E-state index is 0.219. The van der Waals surface area contributed by atoms with E-state index in [4.69, 9.17) is 0 Å². The Balaban J connectivity index is 2.46. The second kappa shape index (κ2) is 4.25. The molecule has 0 aliphatic carbocycles. The van der Waals surface area contributed by atoms with Gasteiger partial charge in [-0.2, -0.15) is 0 Å². The van der Waals surface area contributed by atoms with Crippen LogP contribution in [0.25, 0.3) is 0 Å². The van der Waals surface area contributed by atoms with Crippen LogP contribution in [0.2, 0.25) is 0 Å². The summed E-state index contributed by atoms with van der Waals surface area (Å²) in [6.45, 7) is 9.78. The molecule has 0 unspecified atom stereocenters. The highest BCUT2D eigenvalue weighted by Crippen LogP contribution is 2.17. The largest absolute Gasteiger partial charge is 0.307 e. The predicted molar refractivity (Wildman–Crippen MR) is 60.3 cm³/mol. The van der Waals surface area contributed by atoms with Gasteiger partial charge < -0.3 is 5.32 Å². The summed E-state index contributed by atoms with van der Waals surface area (Å²) in [6, 6.07) is 4.45. The van der Waals surface area contributed by atoms with Crippen molar-refractivity contribution >= 4 is 11.3 Å². The van der Waals surface area contributed by atoms with E-state index >= 15 is 0 Å². The number of hydrogen-bond donors (Lipinski definition) is 1. The van der Waals surface area contributed by atoms with E-state index in [9.17, 15) is 0 Å². The summed E-state index contributed by atoms with van der Waals surface area (Å²) in [5.41, 5.74) is 0.219. The van der Waals surface area contributed by atoms with Crippen LogP contribution in [0, 0.1) is 0 Å². The molecule has 1 aromatic heterocycles. The first-order valence-electron chi connectivity index (χ1n) is 4.84. The standard InChI is InChI=1S/C11H19NS/c1-5-9-6-7-10(13-9)8-12-11(2,3)4/h6-7,12H,5,8H2,1-4H3. The van der Waals surface area contributed by atoms with Crippen LogP contribution in [0.15, 0.2) is 12.1 Å². The van der Waals surface area contributed by atoms with E-state index in [1.165, 1.54) is 9.75 Å². The Bertz CT molecular complexity index is 257. The quantitative estimate of drug-likeness (QED) is 0.784. The number of hydrogen-bond acceptors (Lipinski definition) is 2. The summed E-state index contributed by atoms with van der Waals surface area (Å²) in [5, 5.41) is 3.49. The molecule has 0 fully saturated rings. The molecule has 2 heteroatoms. The molecule has 0 saturated carbocycles. The van der Waals surface area contributed by atoms with Gasteiger partial charge in [0.2, 0.25) is 0 Å². The predicted octanol–water partition coefficient (Wildman–Crippen LogP) is 3.20. The van der Waals surface area contributed by atoms with Crippen molar-refractivity contribution < 1.29 is 0 Å². The van der Waals surface area contributed by atoms with E-state index in [0.717, 1.165) is 13.0 Å². The molecule has 0 aliphatic rings. The molecule has 1 nitrogen and oxygen atoms in total. The molecule has 0 bridgehead atoms. The minimum atomic E-state index is 0.219. The third kappa shape index (κ3) is 3.92. The Kier molecular flexibility index (Phi) is 3.51. The first kappa shape index (κ1) is 10.7. The maximum atomic E-state index is 3.49. The summed E-state index contributed by atoms with van der Waals surface area (Å²) in [7, 11) is 0. The van der Waals surface area contributed by atoms with E-state index in [1.807, 2.05) is 11.3 Å². The molecule has 1 heterocycles. The third-order valence-corrected chi connectivity index (χ3v) is 3.09. The van der Waals surface area contributed by atoms with E-state index in [0.29, 0.717) is 0 Å². The molecule has 0 amide bonds. The number of rotatable bonds is 3. The zero-order valence-corrected chi connectivity index (χ0v) is 9.79. The lowest BCUT2D eigenvalue weighted by Gasteiger charge is -2.19. The number of aryl methyl sites for hydroxylation is 1. The lowest BCUT2D eigenvalue weighted by Crippen LogP contribution is -2.34. The molecule has 0 saturated heterocycles. The fourth-order valence-electron chi connectivity index (χ4n) is 1.06. The van der Waals surface area contributed by atoms with Gasteiger partial charge in [-0.1, -0.05) is 6.92 Å². The lowest BCUT2D eigenvalue weighted by molar-refractivity contribution is 0.426. The highest BCUT2D eigenvalue weighted by atomic mass is 32.1. The molecule has 0 aliphatic heterocycles. The fraction of sp³-hybridized carbons (Fsp3) is 0.636. The summed E-state index contributed by atoms with van der Waals surface area (Å²) in [5.74, 6) is 0. The summed E-state index contributed by atoms with van der Waals surface area (Å²) in [6.07, 6.45) is 1.15. The SMILES string of the molecule is CCc1ccc(CNC(C)(C)C)s1. The molecule has 1 rings (SSSR count). The topological polar surface area (TPSA) is 12.0 Å². The highest BCUT2D eigenvalue weighted by Gasteiger charge is 2.08. The van der Waals surface area contributed by atoms with Crippen molar-refractivity contribution in [2.24, 2.45) is 0 Å². The van der Waals surface area contributed by atoms with E-state index in [2.05, 4.69) is 45.1 Å². The van der Waals surface area contributed by atoms with Crippen LogP contribution in [-0.4, -0.2) is 5.54 Å². The second-order valence-electron chi connectivity index (χ2n) is 4.33. The maximum Gasteiger partial charge on any atom is 0.0304 e. The van der Waals surface area contributed by atoms with E-state index in [1.54, 1.807) is 0 Å². The van der Waals surface area contributed by atoms with Crippen molar-refractivity contribution in [3.8, 4) is 0 Å². The summed E-state index contributed by atoms with van der Waals surface area (Å²) < 4.78 is 0. The zero-order valence-electron chi connectivity index (χ0n) is 8.98. The number of nitrogens with one attached hydrogen (secondary N) is 1. The van der Waals surface area contributed by atoms with Gasteiger partial charge in [0.15, 0.2) is 0 Å². The smallest absolute Gasteiger partial charge is 0.0304 e. The molecule has 1 aromatic rings. The van der Waals surface area contributed by atoms with Crippen molar-refractivity contribution in [1.82, 2.24) is 5.32 Å². The molecular formula is C11H19NS. The number of thiophene rings is 1. The van der Waals surface area contributed by atoms with Gasteiger partial charge in [0.25, 0.3) is 0 Å². The molecule has 0 aromatic carbocycles. The molecule has 74 valence electrons. The maximum absolute atomic E-state index is 3.49. The average molecular weight is 197 g/mol. The first-order valence-corrected chi connectivity index (χ1v) is 5.65. The van der Waals surface area contributed by atoms with Crippen LogP contribution < -0.4 is 5.32 Å². The Hall–Kier alpha value is -0.340. The van der Waals surface area contributed by atoms with Gasteiger partial charge in [-0.25, -0.2) is 0 Å². The Morgan fingerprint density at radius 2 is 1.85 bits per heavy atom. The fourth-order valence-corrected chi connectivity index (χ4v) is 1.96. The minimum Gasteiger partial charge on any atom is -0.307 e. The third-order valence-electron chi connectivity index (χ3n) is 1.86. The van der Waals surface area contributed by atoms with Gasteiger partial charge in [-0.15, -0.1) is 11.3 Å². The van der Waals surface area contributed by atoms with Gasteiger partial charge in [0, 0.05) is 21.8 Å².